The van der Waals surface area contributed by atoms with Crippen molar-refractivity contribution in [3.05, 3.63) is 63.3 Å². The van der Waals surface area contributed by atoms with Gasteiger partial charge in [-0.05, 0) is 37.5 Å². The fraction of sp³-hybridized carbons (Fsp3) is 0.538. The van der Waals surface area contributed by atoms with Gasteiger partial charge in [-0.1, -0.05) is 19.9 Å². The van der Waals surface area contributed by atoms with Crippen LogP contribution in [0.15, 0.2) is 35.1 Å². The molecule has 0 saturated carbocycles. The maximum atomic E-state index is 13.8. The van der Waals surface area contributed by atoms with E-state index in [2.05, 4.69) is 5.10 Å². The SMILES string of the molecule is CC[C@H]1CN(C(C)c2ccc(F)cc2C(F)(F)F)[C@H](CC)CN1c1cc(=O)n(C)c2cc(COS(C)(=O)=O)nn12. The van der Waals surface area contributed by atoms with Crippen LogP contribution in [0.1, 0.15) is 56.5 Å². The third kappa shape index (κ3) is 6.03. The van der Waals surface area contributed by atoms with Gasteiger partial charge < -0.3 is 4.90 Å². The lowest BCUT2D eigenvalue weighted by atomic mass is 9.94. The number of rotatable bonds is 8. The Morgan fingerprint density at radius 1 is 1.10 bits per heavy atom. The molecule has 4 rings (SSSR count). The van der Waals surface area contributed by atoms with Crippen LogP contribution in [0.3, 0.4) is 0 Å². The molecular formula is C26H33F4N5O4S. The minimum absolute atomic E-state index is 0.00854. The Kier molecular flexibility index (Phi) is 8.35. The number of hydrogen-bond donors (Lipinski definition) is 0. The standard InChI is InChI=1S/C26H33F4N5O4S/c1-6-19-14-34(24-12-25(36)32(4)23-11-18(31-35(23)24)15-39-40(5,37)38)20(7-2)13-33(19)16(3)21-9-8-17(27)10-22(21)26(28,29)30/h8-12,16,19-20H,6-7,13-15H2,1-5H3/t16?,19-,20+/m1/s1. The third-order valence-electron chi connectivity index (χ3n) is 7.55. The molecule has 0 N–H and O–H groups in total. The van der Waals surface area contributed by atoms with Crippen molar-refractivity contribution in [3.8, 4) is 0 Å². The van der Waals surface area contributed by atoms with E-state index in [0.29, 0.717) is 49.2 Å². The maximum absolute atomic E-state index is 13.8. The lowest BCUT2D eigenvalue weighted by molar-refractivity contribution is -0.139. The molecule has 40 heavy (non-hydrogen) atoms. The molecule has 1 aliphatic rings. The van der Waals surface area contributed by atoms with Gasteiger partial charge in [-0.15, -0.1) is 0 Å². The summed E-state index contributed by atoms with van der Waals surface area (Å²) in [5.41, 5.74) is -0.517. The molecule has 1 aromatic carbocycles. The van der Waals surface area contributed by atoms with Crippen molar-refractivity contribution in [2.75, 3.05) is 24.2 Å². The molecule has 1 saturated heterocycles. The maximum Gasteiger partial charge on any atom is 0.416 e. The first-order valence-electron chi connectivity index (χ1n) is 13.0. The molecule has 14 heteroatoms. The number of hydrogen-bond acceptors (Lipinski definition) is 7. The zero-order chi connectivity index (χ0) is 29.6. The predicted octanol–water partition coefficient (Wildman–Crippen LogP) is 4.11. The van der Waals surface area contributed by atoms with Gasteiger partial charge in [0.1, 0.15) is 23.9 Å². The molecule has 3 atom stereocenters. The molecule has 0 bridgehead atoms. The number of halogens is 4. The van der Waals surface area contributed by atoms with Gasteiger partial charge in [-0.25, -0.2) is 8.91 Å². The highest BCUT2D eigenvalue weighted by molar-refractivity contribution is 7.85. The fourth-order valence-corrected chi connectivity index (χ4v) is 5.74. The Balaban J connectivity index is 1.73. The number of alkyl halides is 3. The molecule has 0 radical (unpaired) electrons. The highest BCUT2D eigenvalue weighted by atomic mass is 32.2. The molecule has 1 unspecified atom stereocenters. The molecule has 1 aliphatic heterocycles. The first kappa shape index (κ1) is 30.0. The molecule has 2 aromatic heterocycles. The van der Waals surface area contributed by atoms with Crippen molar-refractivity contribution in [2.24, 2.45) is 7.05 Å². The molecule has 1 fully saturated rings. The Labute approximate surface area is 230 Å². The van der Waals surface area contributed by atoms with E-state index in [-0.39, 0.29) is 29.8 Å². The first-order valence-corrected chi connectivity index (χ1v) is 14.8. The monoisotopic (exact) mass is 587 g/mol. The molecule has 0 spiro atoms. The highest BCUT2D eigenvalue weighted by Crippen LogP contribution is 2.39. The van der Waals surface area contributed by atoms with E-state index in [9.17, 15) is 30.8 Å². The van der Waals surface area contributed by atoms with E-state index in [1.165, 1.54) is 16.7 Å². The molecule has 3 heterocycles. The van der Waals surface area contributed by atoms with Gasteiger partial charge in [0.2, 0.25) is 0 Å². The quantitative estimate of drug-likeness (QED) is 0.290. The highest BCUT2D eigenvalue weighted by Gasteiger charge is 2.40. The molecule has 0 aliphatic carbocycles. The molecule has 9 nitrogen and oxygen atoms in total. The van der Waals surface area contributed by atoms with Gasteiger partial charge in [0.25, 0.3) is 15.7 Å². The van der Waals surface area contributed by atoms with Crippen LogP contribution in [0.5, 0.6) is 0 Å². The Hall–Kier alpha value is -2.97. The van der Waals surface area contributed by atoms with E-state index in [1.54, 1.807) is 24.6 Å². The lowest BCUT2D eigenvalue weighted by Crippen LogP contribution is -2.59. The van der Waals surface area contributed by atoms with Crippen LogP contribution in [0.25, 0.3) is 5.65 Å². The molecular weight excluding hydrogens is 554 g/mol. The van der Waals surface area contributed by atoms with E-state index in [4.69, 9.17) is 4.18 Å². The Morgan fingerprint density at radius 2 is 1.77 bits per heavy atom. The average Bonchev–Trinajstić information content (AvgIpc) is 3.32. The van der Waals surface area contributed by atoms with Crippen LogP contribution < -0.4 is 10.5 Å². The summed E-state index contributed by atoms with van der Waals surface area (Å²) in [6.07, 6.45) is -2.53. The summed E-state index contributed by atoms with van der Waals surface area (Å²) in [5.74, 6) is -0.444. The van der Waals surface area contributed by atoms with Crippen LogP contribution >= 0.6 is 0 Å². The Morgan fingerprint density at radius 3 is 2.38 bits per heavy atom. The van der Waals surface area contributed by atoms with Crippen LogP contribution in [0.2, 0.25) is 0 Å². The van der Waals surface area contributed by atoms with E-state index in [1.807, 2.05) is 23.6 Å². The van der Waals surface area contributed by atoms with Crippen molar-refractivity contribution in [3.63, 3.8) is 0 Å². The van der Waals surface area contributed by atoms with Gasteiger partial charge in [0, 0.05) is 50.4 Å². The summed E-state index contributed by atoms with van der Waals surface area (Å²) in [6.45, 7) is 6.10. The number of anilines is 1. The second kappa shape index (κ2) is 11.1. The van der Waals surface area contributed by atoms with Crippen LogP contribution in [0, 0.1) is 5.82 Å². The summed E-state index contributed by atoms with van der Waals surface area (Å²) in [4.78, 5) is 17.0. The zero-order valence-corrected chi connectivity index (χ0v) is 23.8. The number of benzene rings is 1. The number of piperazine rings is 1. The topological polar surface area (TPSA) is 89.1 Å². The summed E-state index contributed by atoms with van der Waals surface area (Å²) >= 11 is 0. The van der Waals surface area contributed by atoms with E-state index in [0.717, 1.165) is 12.3 Å². The number of nitrogens with zero attached hydrogens (tertiary/aromatic N) is 5. The summed E-state index contributed by atoms with van der Waals surface area (Å²) in [6, 6.07) is 4.82. The molecule has 0 amide bonds. The first-order chi connectivity index (χ1) is 18.6. The van der Waals surface area contributed by atoms with Crippen molar-refractivity contribution >= 4 is 21.6 Å². The largest absolute Gasteiger partial charge is 0.416 e. The minimum atomic E-state index is -4.70. The van der Waals surface area contributed by atoms with Gasteiger partial charge >= 0.3 is 6.18 Å². The van der Waals surface area contributed by atoms with Gasteiger partial charge in [-0.3, -0.25) is 18.4 Å². The fourth-order valence-electron chi connectivity index (χ4n) is 5.41. The van der Waals surface area contributed by atoms with Crippen molar-refractivity contribution in [1.82, 2.24) is 19.1 Å². The summed E-state index contributed by atoms with van der Waals surface area (Å²) in [5, 5.41) is 4.51. The van der Waals surface area contributed by atoms with Crippen molar-refractivity contribution in [2.45, 2.75) is 64.5 Å². The van der Waals surface area contributed by atoms with Gasteiger partial charge in [0.15, 0.2) is 0 Å². The van der Waals surface area contributed by atoms with E-state index >= 15 is 0 Å². The molecule has 220 valence electrons. The number of aromatic nitrogens is 3. The summed E-state index contributed by atoms with van der Waals surface area (Å²) < 4.78 is 86.1. The lowest BCUT2D eigenvalue weighted by Gasteiger charge is -2.49. The second-order valence-corrected chi connectivity index (χ2v) is 11.8. The van der Waals surface area contributed by atoms with Crippen molar-refractivity contribution < 1.29 is 30.2 Å². The summed E-state index contributed by atoms with van der Waals surface area (Å²) in [7, 11) is -2.13. The second-order valence-electron chi connectivity index (χ2n) is 10.2. The van der Waals surface area contributed by atoms with Crippen molar-refractivity contribution in [1.29, 1.82) is 0 Å². The Bertz CT molecular complexity index is 1550. The van der Waals surface area contributed by atoms with Gasteiger partial charge in [-0.2, -0.15) is 26.7 Å². The van der Waals surface area contributed by atoms with E-state index < -0.39 is 33.7 Å². The zero-order valence-electron chi connectivity index (χ0n) is 22.9. The van der Waals surface area contributed by atoms with Gasteiger partial charge in [0.05, 0.1) is 17.5 Å². The predicted molar refractivity (Wildman–Crippen MR) is 142 cm³/mol. The number of aryl methyl sites for hydroxylation is 1. The van der Waals surface area contributed by atoms with Crippen LogP contribution in [-0.4, -0.2) is 58.9 Å². The number of fused-ring (bicyclic) bond motifs is 1. The third-order valence-corrected chi connectivity index (χ3v) is 8.10. The smallest absolute Gasteiger partial charge is 0.351 e. The molecule has 3 aromatic rings. The van der Waals surface area contributed by atoms with Crippen LogP contribution in [0.4, 0.5) is 23.4 Å². The van der Waals surface area contributed by atoms with Crippen LogP contribution in [-0.2, 0) is 34.1 Å². The normalized spacial score (nSPS) is 19.9. The minimum Gasteiger partial charge on any atom is -0.351 e. The average molecular weight is 588 g/mol.